The molecule has 1 aromatic carbocycles. The van der Waals surface area contributed by atoms with Gasteiger partial charge in [-0.25, -0.2) is 4.79 Å². The summed E-state index contributed by atoms with van der Waals surface area (Å²) in [6, 6.07) is 4.99. The summed E-state index contributed by atoms with van der Waals surface area (Å²) in [6.45, 7) is 3.07. The topological polar surface area (TPSA) is 85.3 Å². The maximum absolute atomic E-state index is 13.2. The minimum absolute atomic E-state index is 0.0513. The molecule has 0 radical (unpaired) electrons. The number of nitrogens with two attached hydrogens (primary N) is 1. The summed E-state index contributed by atoms with van der Waals surface area (Å²) >= 11 is 3.04. The highest BCUT2D eigenvalue weighted by Crippen LogP contribution is 2.42. The van der Waals surface area contributed by atoms with E-state index in [1.165, 1.54) is 13.0 Å². The number of rotatable bonds is 3. The molecule has 0 saturated carbocycles. The van der Waals surface area contributed by atoms with E-state index in [0.717, 1.165) is 12.1 Å². The number of nitrogens with zero attached hydrogens (tertiary/aromatic N) is 1. The third-order valence-corrected chi connectivity index (χ3v) is 4.14. The molecule has 1 aliphatic rings. The average molecular weight is 431 g/mol. The van der Waals surface area contributed by atoms with E-state index in [-0.39, 0.29) is 39.4 Å². The average Bonchev–Trinajstić information content (AvgIpc) is 2.52. The summed E-state index contributed by atoms with van der Waals surface area (Å²) in [5.74, 6) is -2.12. The summed E-state index contributed by atoms with van der Waals surface area (Å²) in [5, 5.41) is 9.43. The molecule has 1 unspecified atom stereocenters. The normalized spacial score (nSPS) is 17.7. The second kappa shape index (κ2) is 7.41. The van der Waals surface area contributed by atoms with Crippen LogP contribution in [0.1, 0.15) is 30.9 Å². The number of carbonyl (C=O) groups excluding carboxylic acids is 1. The Morgan fingerprint density at radius 1 is 1.42 bits per heavy atom. The predicted octanol–water partition coefficient (Wildman–Crippen LogP) is 4.11. The molecule has 26 heavy (non-hydrogen) atoms. The molecule has 0 fully saturated rings. The Morgan fingerprint density at radius 3 is 2.62 bits per heavy atom. The van der Waals surface area contributed by atoms with Crippen LogP contribution in [0.5, 0.6) is 0 Å². The van der Waals surface area contributed by atoms with Gasteiger partial charge in [0.15, 0.2) is 0 Å². The first-order valence-corrected chi connectivity index (χ1v) is 8.22. The maximum atomic E-state index is 13.2. The first-order valence-electron chi connectivity index (χ1n) is 7.43. The van der Waals surface area contributed by atoms with Gasteiger partial charge >= 0.3 is 12.1 Å². The van der Waals surface area contributed by atoms with Gasteiger partial charge < -0.3 is 15.2 Å². The number of hydrogen-bond donors (Lipinski definition) is 1. The minimum Gasteiger partial charge on any atom is -0.463 e. The van der Waals surface area contributed by atoms with Gasteiger partial charge in [0.25, 0.3) is 0 Å². The molecule has 2 rings (SSSR count). The predicted molar refractivity (Wildman–Crippen MR) is 89.1 cm³/mol. The number of hydrogen-bond acceptors (Lipinski definition) is 5. The highest BCUT2D eigenvalue weighted by atomic mass is 79.9. The summed E-state index contributed by atoms with van der Waals surface area (Å²) in [7, 11) is 0. The number of allylic oxidation sites excluding steroid dienone is 2. The fourth-order valence-electron chi connectivity index (χ4n) is 2.63. The minimum atomic E-state index is -4.60. The second-order valence-electron chi connectivity index (χ2n) is 5.39. The number of halogens is 4. The van der Waals surface area contributed by atoms with Crippen LogP contribution in [0.4, 0.5) is 13.2 Å². The van der Waals surface area contributed by atoms with Gasteiger partial charge in [0, 0.05) is 4.47 Å². The number of ether oxygens (including phenoxy) is 2. The molecule has 1 heterocycles. The molecule has 1 aliphatic heterocycles. The molecule has 0 aliphatic carbocycles. The van der Waals surface area contributed by atoms with Gasteiger partial charge in [-0.05, 0) is 37.6 Å². The van der Waals surface area contributed by atoms with Crippen LogP contribution in [0.15, 0.2) is 45.5 Å². The molecular formula is C17H14BrF3N2O3. The lowest BCUT2D eigenvalue weighted by molar-refractivity contribution is -0.139. The van der Waals surface area contributed by atoms with E-state index >= 15 is 0 Å². The lowest BCUT2D eigenvalue weighted by atomic mass is 9.82. The van der Waals surface area contributed by atoms with E-state index in [1.54, 1.807) is 6.92 Å². The SMILES string of the molecule is CCOC(=O)C1=C(C)OC(N)=C(C#N)C1c1cc(Br)cc(C(F)(F)F)c1. The molecule has 0 bridgehead atoms. The standard InChI is InChI=1S/C17H14BrF3N2O3/c1-3-25-16(24)13-8(2)26-15(23)12(7-22)14(13)9-4-10(17(19,20)21)6-11(18)5-9/h4-6,14H,3,23H2,1-2H3. The van der Waals surface area contributed by atoms with Crippen molar-refractivity contribution in [2.75, 3.05) is 6.61 Å². The van der Waals surface area contributed by atoms with Crippen LogP contribution < -0.4 is 5.73 Å². The van der Waals surface area contributed by atoms with Crippen molar-refractivity contribution in [3.8, 4) is 6.07 Å². The lowest BCUT2D eigenvalue weighted by Gasteiger charge is -2.27. The number of nitriles is 1. The van der Waals surface area contributed by atoms with Crippen LogP contribution in [0.3, 0.4) is 0 Å². The van der Waals surface area contributed by atoms with Gasteiger partial charge in [-0.2, -0.15) is 18.4 Å². The molecule has 0 spiro atoms. The molecule has 0 amide bonds. The number of carbonyl (C=O) groups is 1. The number of alkyl halides is 3. The Labute approximate surface area is 156 Å². The van der Waals surface area contributed by atoms with Crippen molar-refractivity contribution in [1.29, 1.82) is 5.26 Å². The van der Waals surface area contributed by atoms with Crippen LogP contribution in [0.2, 0.25) is 0 Å². The molecular weight excluding hydrogens is 417 g/mol. The van der Waals surface area contributed by atoms with Crippen molar-refractivity contribution < 1.29 is 27.4 Å². The molecule has 0 saturated heterocycles. The quantitative estimate of drug-likeness (QED) is 0.729. The lowest BCUT2D eigenvalue weighted by Crippen LogP contribution is -2.25. The molecule has 1 atom stereocenters. The van der Waals surface area contributed by atoms with E-state index in [4.69, 9.17) is 15.2 Å². The fraction of sp³-hybridized carbons (Fsp3) is 0.294. The zero-order valence-electron chi connectivity index (χ0n) is 13.8. The van der Waals surface area contributed by atoms with E-state index in [2.05, 4.69) is 15.9 Å². The van der Waals surface area contributed by atoms with Gasteiger partial charge in [-0.15, -0.1) is 0 Å². The van der Waals surface area contributed by atoms with Crippen molar-refractivity contribution in [3.05, 3.63) is 56.6 Å². The highest BCUT2D eigenvalue weighted by Gasteiger charge is 2.38. The number of esters is 1. The van der Waals surface area contributed by atoms with E-state index in [1.807, 2.05) is 6.07 Å². The van der Waals surface area contributed by atoms with E-state index in [9.17, 15) is 23.2 Å². The zero-order chi connectivity index (χ0) is 19.6. The van der Waals surface area contributed by atoms with Crippen molar-refractivity contribution in [3.63, 3.8) is 0 Å². The highest BCUT2D eigenvalue weighted by molar-refractivity contribution is 9.10. The molecule has 1 aromatic rings. The summed E-state index contributed by atoms with van der Waals surface area (Å²) in [6.07, 6.45) is -4.60. The van der Waals surface area contributed by atoms with Crippen molar-refractivity contribution in [1.82, 2.24) is 0 Å². The fourth-order valence-corrected chi connectivity index (χ4v) is 3.14. The molecule has 9 heteroatoms. The molecule has 138 valence electrons. The first-order chi connectivity index (χ1) is 12.1. The zero-order valence-corrected chi connectivity index (χ0v) is 15.4. The number of benzene rings is 1. The van der Waals surface area contributed by atoms with Gasteiger partial charge in [-0.3, -0.25) is 0 Å². The first kappa shape index (κ1) is 19.8. The summed E-state index contributed by atoms with van der Waals surface area (Å²) in [4.78, 5) is 12.4. The van der Waals surface area contributed by atoms with E-state index < -0.39 is 23.6 Å². The molecule has 0 aromatic heterocycles. The Hall–Kier alpha value is -2.47. The van der Waals surface area contributed by atoms with Crippen molar-refractivity contribution >= 4 is 21.9 Å². The van der Waals surface area contributed by atoms with Crippen LogP contribution in [0, 0.1) is 11.3 Å². The largest absolute Gasteiger partial charge is 0.463 e. The third-order valence-electron chi connectivity index (χ3n) is 3.68. The van der Waals surface area contributed by atoms with Crippen molar-refractivity contribution in [2.45, 2.75) is 25.9 Å². The Morgan fingerprint density at radius 2 is 2.08 bits per heavy atom. The second-order valence-corrected chi connectivity index (χ2v) is 6.30. The third kappa shape index (κ3) is 3.85. The van der Waals surface area contributed by atoms with Crippen LogP contribution in [0.25, 0.3) is 0 Å². The van der Waals surface area contributed by atoms with Crippen LogP contribution in [-0.4, -0.2) is 12.6 Å². The van der Waals surface area contributed by atoms with Gasteiger partial charge in [0.05, 0.1) is 23.7 Å². The Kier molecular flexibility index (Phi) is 5.66. The smallest absolute Gasteiger partial charge is 0.416 e. The van der Waals surface area contributed by atoms with E-state index in [0.29, 0.717) is 0 Å². The van der Waals surface area contributed by atoms with Gasteiger partial charge in [-0.1, -0.05) is 15.9 Å². The van der Waals surface area contributed by atoms with Crippen LogP contribution >= 0.6 is 15.9 Å². The monoisotopic (exact) mass is 430 g/mol. The van der Waals surface area contributed by atoms with Crippen molar-refractivity contribution in [2.24, 2.45) is 5.73 Å². The summed E-state index contributed by atoms with van der Waals surface area (Å²) < 4.78 is 49.9. The molecule has 5 nitrogen and oxygen atoms in total. The Balaban J connectivity index is 2.72. The Bertz CT molecular complexity index is 854. The molecule has 2 N–H and O–H groups in total. The van der Waals surface area contributed by atoms with Gasteiger partial charge in [0.1, 0.15) is 17.4 Å². The maximum Gasteiger partial charge on any atom is 0.416 e. The summed E-state index contributed by atoms with van der Waals surface area (Å²) in [5.41, 5.74) is 4.63. The van der Waals surface area contributed by atoms with Gasteiger partial charge in [0.2, 0.25) is 5.88 Å². The van der Waals surface area contributed by atoms with Crippen LogP contribution in [-0.2, 0) is 20.4 Å².